The number of para-hydroxylation sites is 1. The Hall–Kier alpha value is -1.16. The molecule has 2 atom stereocenters. The molecule has 0 saturated heterocycles. The van der Waals surface area contributed by atoms with E-state index in [0.29, 0.717) is 25.2 Å². The summed E-state index contributed by atoms with van der Waals surface area (Å²) in [6.45, 7) is 9.55. The lowest BCUT2D eigenvalue weighted by Crippen LogP contribution is -2.57. The lowest BCUT2D eigenvalue weighted by molar-refractivity contribution is -0.131. The van der Waals surface area contributed by atoms with Gasteiger partial charge in [-0.1, -0.05) is 39.0 Å². The molecule has 1 aliphatic rings. The first-order valence-corrected chi connectivity index (χ1v) is 9.78. The van der Waals surface area contributed by atoms with Gasteiger partial charge in [-0.15, -0.1) is 11.6 Å². The van der Waals surface area contributed by atoms with Crippen LogP contribution in [-0.2, 0) is 9.53 Å². The molecule has 2 unspecified atom stereocenters. The summed E-state index contributed by atoms with van der Waals surface area (Å²) < 4.78 is 6.15. The smallest absolute Gasteiger partial charge is 0.330 e. The monoisotopic (exact) mass is 364 g/mol. The number of alkyl halides is 1. The van der Waals surface area contributed by atoms with E-state index in [1.165, 1.54) is 17.7 Å². The largest absolute Gasteiger partial charge is 0.340 e. The second kappa shape index (κ2) is 8.98. The number of quaternary nitrogens is 1. The summed E-state index contributed by atoms with van der Waals surface area (Å²) in [7, 11) is 0. The van der Waals surface area contributed by atoms with Crippen LogP contribution < -0.4 is 4.48 Å². The number of halogens is 1. The van der Waals surface area contributed by atoms with Crippen molar-refractivity contribution in [3.63, 3.8) is 0 Å². The maximum Gasteiger partial charge on any atom is 0.340 e. The summed E-state index contributed by atoms with van der Waals surface area (Å²) >= 11 is 6.10. The van der Waals surface area contributed by atoms with Gasteiger partial charge in [-0.2, -0.15) is 4.48 Å². The van der Waals surface area contributed by atoms with Crippen molar-refractivity contribution in [2.24, 2.45) is 11.8 Å². The van der Waals surface area contributed by atoms with Gasteiger partial charge >= 0.3 is 5.91 Å². The molecule has 0 fully saturated rings. The molecule has 1 amide bonds. The first kappa shape index (κ1) is 20.2. The zero-order chi connectivity index (χ0) is 18.4. The zero-order valence-corrected chi connectivity index (χ0v) is 16.7. The molecule has 0 heterocycles. The molecule has 1 aromatic rings. The first-order chi connectivity index (χ1) is 11.9. The van der Waals surface area contributed by atoms with E-state index < -0.39 is 0 Å². The van der Waals surface area contributed by atoms with Crippen molar-refractivity contribution in [2.75, 3.05) is 19.2 Å². The summed E-state index contributed by atoms with van der Waals surface area (Å²) in [6, 6.07) is 9.98. The van der Waals surface area contributed by atoms with Gasteiger partial charge in [0.25, 0.3) is 0 Å². The van der Waals surface area contributed by atoms with Gasteiger partial charge in [-0.25, -0.2) is 4.79 Å². The number of hydrogen-bond donors (Lipinski definition) is 0. The number of amides is 1. The van der Waals surface area contributed by atoms with Gasteiger partial charge in [0.1, 0.15) is 17.3 Å². The molecule has 1 aromatic carbocycles. The highest BCUT2D eigenvalue weighted by atomic mass is 35.5. The van der Waals surface area contributed by atoms with Crippen LogP contribution in [0.5, 0.6) is 0 Å². The molecule has 0 aliphatic heterocycles. The molecule has 4 heteroatoms. The van der Waals surface area contributed by atoms with Crippen LogP contribution in [0.2, 0.25) is 0 Å². The fourth-order valence-electron chi connectivity index (χ4n) is 3.90. The molecular formula is C21H31ClNO2+. The standard InChI is InChI=1S/C21H31ClNO2/c1-16(2)14-25-15-23(20(24)13-22,19-11-6-5-7-12-19)21-17(3)9-8-10-18(21)4/h5-7,11-12,16-17H,8-10,13-15H2,1-4H3/q+1. The molecule has 0 spiro atoms. The topological polar surface area (TPSA) is 26.3 Å². The number of hydrogen-bond acceptors (Lipinski definition) is 2. The van der Waals surface area contributed by atoms with Gasteiger partial charge in [-0.3, -0.25) is 0 Å². The lowest BCUT2D eigenvalue weighted by atomic mass is 9.86. The molecule has 2 rings (SSSR count). The third-order valence-corrected chi connectivity index (χ3v) is 5.21. The zero-order valence-electron chi connectivity index (χ0n) is 15.9. The van der Waals surface area contributed by atoms with Crippen LogP contribution in [0.15, 0.2) is 41.6 Å². The predicted molar refractivity (Wildman–Crippen MR) is 105 cm³/mol. The van der Waals surface area contributed by atoms with Crippen LogP contribution >= 0.6 is 11.6 Å². The quantitative estimate of drug-likeness (QED) is 0.363. The second-order valence-electron chi connectivity index (χ2n) is 7.53. The number of carbonyl (C=O) groups is 1. The highest BCUT2D eigenvalue weighted by Crippen LogP contribution is 2.41. The van der Waals surface area contributed by atoms with Crippen molar-refractivity contribution >= 4 is 23.2 Å². The van der Waals surface area contributed by atoms with Gasteiger partial charge < -0.3 is 4.74 Å². The highest BCUT2D eigenvalue weighted by molar-refractivity contribution is 6.28. The minimum absolute atomic E-state index is 0.0141. The fourth-order valence-corrected chi connectivity index (χ4v) is 4.11. The number of carbonyl (C=O) groups excluding carboxylic acids is 1. The van der Waals surface area contributed by atoms with Crippen LogP contribution in [0.25, 0.3) is 0 Å². The van der Waals surface area contributed by atoms with Crippen molar-refractivity contribution < 1.29 is 9.53 Å². The fraction of sp³-hybridized carbons (Fsp3) is 0.571. The Morgan fingerprint density at radius 2 is 2.00 bits per heavy atom. The Labute approximate surface area is 157 Å². The molecule has 138 valence electrons. The number of benzene rings is 1. The van der Waals surface area contributed by atoms with E-state index in [9.17, 15) is 4.79 Å². The highest BCUT2D eigenvalue weighted by Gasteiger charge is 2.47. The number of rotatable bonds is 7. The van der Waals surface area contributed by atoms with Crippen molar-refractivity contribution in [3.05, 3.63) is 41.6 Å². The van der Waals surface area contributed by atoms with Gasteiger partial charge in [0.05, 0.1) is 6.61 Å². The molecule has 0 aromatic heterocycles. The number of ether oxygens (including phenoxy) is 1. The SMILES string of the molecule is CC1=C([N+](COCC(C)C)(C(=O)CCl)c2ccccc2)C(C)CCC1. The van der Waals surface area contributed by atoms with Crippen molar-refractivity contribution in [3.8, 4) is 0 Å². The summed E-state index contributed by atoms with van der Waals surface area (Å²) in [5.41, 5.74) is 3.42. The van der Waals surface area contributed by atoms with Crippen LogP contribution in [0.3, 0.4) is 0 Å². The molecule has 0 N–H and O–H groups in total. The molecule has 0 saturated carbocycles. The third-order valence-electron chi connectivity index (χ3n) is 4.98. The van der Waals surface area contributed by atoms with Gasteiger partial charge in [-0.05, 0) is 37.7 Å². The van der Waals surface area contributed by atoms with Crippen LogP contribution in [0.4, 0.5) is 5.69 Å². The average molecular weight is 365 g/mol. The van der Waals surface area contributed by atoms with E-state index in [-0.39, 0.29) is 16.3 Å². The maximum atomic E-state index is 13.2. The maximum absolute atomic E-state index is 13.2. The Morgan fingerprint density at radius 3 is 2.56 bits per heavy atom. The van der Waals surface area contributed by atoms with E-state index >= 15 is 0 Å². The average Bonchev–Trinajstić information content (AvgIpc) is 2.60. The summed E-state index contributed by atoms with van der Waals surface area (Å²) in [4.78, 5) is 13.2. The molecule has 1 aliphatic carbocycles. The third kappa shape index (κ3) is 4.33. The summed E-state index contributed by atoms with van der Waals surface area (Å²) in [5, 5.41) is 0. The minimum Gasteiger partial charge on any atom is -0.330 e. The summed E-state index contributed by atoms with van der Waals surface area (Å²) in [5.74, 6) is 0.717. The predicted octanol–water partition coefficient (Wildman–Crippen LogP) is 5.48. The lowest BCUT2D eigenvalue weighted by Gasteiger charge is -2.41. The van der Waals surface area contributed by atoms with Gasteiger partial charge in [0.15, 0.2) is 6.73 Å². The molecule has 0 bridgehead atoms. The van der Waals surface area contributed by atoms with E-state index in [1.54, 1.807) is 0 Å². The molecular weight excluding hydrogens is 334 g/mol. The Kier molecular flexibility index (Phi) is 7.24. The van der Waals surface area contributed by atoms with Gasteiger partial charge in [0, 0.05) is 18.1 Å². The van der Waals surface area contributed by atoms with Crippen LogP contribution in [0.1, 0.15) is 47.0 Å². The van der Waals surface area contributed by atoms with Crippen LogP contribution in [-0.4, -0.2) is 25.1 Å². The Morgan fingerprint density at radius 1 is 1.32 bits per heavy atom. The normalized spacial score (nSPS) is 20.6. The van der Waals surface area contributed by atoms with Crippen molar-refractivity contribution in [2.45, 2.75) is 47.0 Å². The molecule has 3 nitrogen and oxygen atoms in total. The number of nitrogens with zero attached hydrogens (tertiary/aromatic N) is 1. The second-order valence-corrected chi connectivity index (χ2v) is 7.79. The van der Waals surface area contributed by atoms with E-state index in [2.05, 4.69) is 27.7 Å². The van der Waals surface area contributed by atoms with E-state index in [1.807, 2.05) is 30.3 Å². The van der Waals surface area contributed by atoms with Crippen molar-refractivity contribution in [1.82, 2.24) is 4.48 Å². The number of allylic oxidation sites excluding steroid dienone is 2. The van der Waals surface area contributed by atoms with Gasteiger partial charge in [0.2, 0.25) is 0 Å². The molecule has 0 radical (unpaired) electrons. The minimum atomic E-state index is -0.0244. The van der Waals surface area contributed by atoms with Crippen molar-refractivity contribution in [1.29, 1.82) is 0 Å². The Bertz CT molecular complexity index is 612. The first-order valence-electron chi connectivity index (χ1n) is 9.24. The van der Waals surface area contributed by atoms with E-state index in [0.717, 1.165) is 18.5 Å². The molecule has 25 heavy (non-hydrogen) atoms. The summed E-state index contributed by atoms with van der Waals surface area (Å²) in [6.07, 6.45) is 3.30. The van der Waals surface area contributed by atoms with E-state index in [4.69, 9.17) is 16.3 Å². The van der Waals surface area contributed by atoms with Crippen LogP contribution in [0, 0.1) is 11.8 Å². The Balaban J connectivity index is 2.60.